The number of halogens is 2. The Bertz CT molecular complexity index is 792. The van der Waals surface area contributed by atoms with Crippen molar-refractivity contribution in [2.24, 2.45) is 0 Å². The van der Waals surface area contributed by atoms with E-state index in [0.29, 0.717) is 12.0 Å². The Hall–Kier alpha value is -3.22. The van der Waals surface area contributed by atoms with Crippen molar-refractivity contribution in [3.05, 3.63) is 77.9 Å². The predicted octanol–water partition coefficient (Wildman–Crippen LogP) is 4.00. The molecular formula is C21H21F2NO4. The first-order valence-corrected chi connectivity index (χ1v) is 8.72. The number of esters is 1. The van der Waals surface area contributed by atoms with Crippen LogP contribution in [-0.2, 0) is 14.3 Å². The number of hydrogen-bond acceptors (Lipinski definition) is 4. The van der Waals surface area contributed by atoms with Crippen LogP contribution in [-0.4, -0.2) is 25.1 Å². The molecule has 28 heavy (non-hydrogen) atoms. The van der Waals surface area contributed by atoms with E-state index in [1.165, 1.54) is 18.2 Å². The average molecular weight is 389 g/mol. The molecule has 0 spiro atoms. The third-order valence-corrected chi connectivity index (χ3v) is 3.71. The third kappa shape index (κ3) is 6.83. The van der Waals surface area contributed by atoms with Crippen molar-refractivity contribution in [2.75, 3.05) is 6.61 Å². The summed E-state index contributed by atoms with van der Waals surface area (Å²) in [6.07, 6.45) is 3.59. The standard InChI is InChI=1S/C21H21F2NO4/c1-2-3-9-19(26)27-14-18(25)24-20(15-7-5-4-6-8-15)16-10-12-17(13-11-16)28-21(22)23/h3-13,20-21H,2,14H2,1H3,(H,24,25)/b9-3+/t20-/m0/s1. The minimum atomic E-state index is -2.91. The summed E-state index contributed by atoms with van der Waals surface area (Å²) < 4.78 is 33.9. The van der Waals surface area contributed by atoms with Gasteiger partial charge >= 0.3 is 12.6 Å². The molecule has 1 amide bonds. The Morgan fingerprint density at radius 3 is 2.29 bits per heavy atom. The highest BCUT2D eigenvalue weighted by atomic mass is 19.3. The van der Waals surface area contributed by atoms with Crippen LogP contribution in [0.5, 0.6) is 5.75 Å². The number of ether oxygens (including phenoxy) is 2. The number of carbonyl (C=O) groups excluding carboxylic acids is 2. The largest absolute Gasteiger partial charge is 0.452 e. The Kier molecular flexibility index (Phi) is 8.14. The van der Waals surface area contributed by atoms with E-state index in [9.17, 15) is 18.4 Å². The topological polar surface area (TPSA) is 64.6 Å². The van der Waals surface area contributed by atoms with Gasteiger partial charge in [0.2, 0.25) is 0 Å². The van der Waals surface area contributed by atoms with Crippen molar-refractivity contribution in [2.45, 2.75) is 26.0 Å². The maximum Gasteiger partial charge on any atom is 0.387 e. The van der Waals surface area contributed by atoms with E-state index >= 15 is 0 Å². The summed E-state index contributed by atoms with van der Waals surface area (Å²) in [5.74, 6) is -1.06. The zero-order valence-corrected chi connectivity index (χ0v) is 15.3. The highest BCUT2D eigenvalue weighted by Crippen LogP contribution is 2.24. The lowest BCUT2D eigenvalue weighted by Crippen LogP contribution is -2.33. The first-order valence-electron chi connectivity index (χ1n) is 8.72. The summed E-state index contributed by atoms with van der Waals surface area (Å²) >= 11 is 0. The molecule has 0 aromatic heterocycles. The van der Waals surface area contributed by atoms with Gasteiger partial charge in [0.15, 0.2) is 6.61 Å². The molecule has 0 saturated carbocycles. The van der Waals surface area contributed by atoms with Gasteiger partial charge < -0.3 is 14.8 Å². The molecule has 0 heterocycles. The number of carbonyl (C=O) groups is 2. The summed E-state index contributed by atoms with van der Waals surface area (Å²) in [7, 11) is 0. The predicted molar refractivity (Wildman–Crippen MR) is 99.9 cm³/mol. The van der Waals surface area contributed by atoms with Crippen molar-refractivity contribution in [1.29, 1.82) is 0 Å². The fourth-order valence-corrected chi connectivity index (χ4v) is 2.45. The lowest BCUT2D eigenvalue weighted by Gasteiger charge is -2.20. The smallest absolute Gasteiger partial charge is 0.387 e. The van der Waals surface area contributed by atoms with Gasteiger partial charge in [0.1, 0.15) is 5.75 Å². The Morgan fingerprint density at radius 2 is 1.68 bits per heavy atom. The van der Waals surface area contributed by atoms with E-state index in [2.05, 4.69) is 10.1 Å². The average Bonchev–Trinajstić information content (AvgIpc) is 2.70. The molecule has 0 aliphatic rings. The van der Waals surface area contributed by atoms with Crippen molar-refractivity contribution in [3.8, 4) is 5.75 Å². The molecule has 0 fully saturated rings. The zero-order valence-electron chi connectivity index (χ0n) is 15.3. The summed E-state index contributed by atoms with van der Waals surface area (Å²) in [6.45, 7) is -1.46. The molecule has 0 bridgehead atoms. The monoisotopic (exact) mass is 389 g/mol. The van der Waals surface area contributed by atoms with Gasteiger partial charge in [0.25, 0.3) is 5.91 Å². The van der Waals surface area contributed by atoms with Gasteiger partial charge in [-0.25, -0.2) is 4.79 Å². The molecule has 1 N–H and O–H groups in total. The van der Waals surface area contributed by atoms with Gasteiger partial charge in [0, 0.05) is 6.08 Å². The van der Waals surface area contributed by atoms with Crippen LogP contribution in [0.25, 0.3) is 0 Å². The van der Waals surface area contributed by atoms with Crippen LogP contribution < -0.4 is 10.1 Å². The molecule has 5 nitrogen and oxygen atoms in total. The number of alkyl halides is 2. The molecule has 0 unspecified atom stereocenters. The van der Waals surface area contributed by atoms with E-state index in [-0.39, 0.29) is 5.75 Å². The van der Waals surface area contributed by atoms with Crippen LogP contribution in [0, 0.1) is 0 Å². The van der Waals surface area contributed by atoms with Gasteiger partial charge in [0.05, 0.1) is 6.04 Å². The molecule has 7 heteroatoms. The van der Waals surface area contributed by atoms with Gasteiger partial charge in [-0.15, -0.1) is 0 Å². The summed E-state index contributed by atoms with van der Waals surface area (Å²) in [6, 6.07) is 14.6. The SMILES string of the molecule is CC/C=C/C(=O)OCC(=O)N[C@@H](c1ccccc1)c1ccc(OC(F)F)cc1. The third-order valence-electron chi connectivity index (χ3n) is 3.71. The molecule has 0 radical (unpaired) electrons. The van der Waals surface area contributed by atoms with Gasteiger partial charge in [-0.05, 0) is 29.7 Å². The van der Waals surface area contributed by atoms with Crippen LogP contribution in [0.2, 0.25) is 0 Å². The maximum absolute atomic E-state index is 12.3. The van der Waals surface area contributed by atoms with Gasteiger partial charge in [-0.1, -0.05) is 55.5 Å². The molecule has 2 aromatic carbocycles. The summed E-state index contributed by atoms with van der Waals surface area (Å²) in [5.41, 5.74) is 1.45. The lowest BCUT2D eigenvalue weighted by atomic mass is 9.98. The Morgan fingerprint density at radius 1 is 1.04 bits per heavy atom. The van der Waals surface area contributed by atoms with Crippen molar-refractivity contribution in [1.82, 2.24) is 5.32 Å². The number of hydrogen-bond donors (Lipinski definition) is 1. The lowest BCUT2D eigenvalue weighted by molar-refractivity contribution is -0.144. The fraction of sp³-hybridized carbons (Fsp3) is 0.238. The molecule has 1 atom stereocenters. The minimum Gasteiger partial charge on any atom is -0.452 e. The second-order valence-corrected chi connectivity index (χ2v) is 5.78. The van der Waals surface area contributed by atoms with Crippen LogP contribution in [0.3, 0.4) is 0 Å². The summed E-state index contributed by atoms with van der Waals surface area (Å²) in [4.78, 5) is 23.7. The molecule has 2 aromatic rings. The Balaban J connectivity index is 2.11. The van der Waals surface area contributed by atoms with Crippen molar-refractivity contribution < 1.29 is 27.8 Å². The van der Waals surface area contributed by atoms with Crippen LogP contribution in [0.4, 0.5) is 8.78 Å². The van der Waals surface area contributed by atoms with Crippen LogP contribution in [0.15, 0.2) is 66.7 Å². The quantitative estimate of drug-likeness (QED) is 0.520. The molecular weight excluding hydrogens is 368 g/mol. The number of nitrogens with one attached hydrogen (secondary N) is 1. The second-order valence-electron chi connectivity index (χ2n) is 5.78. The normalized spacial score (nSPS) is 12.0. The van der Waals surface area contributed by atoms with Crippen molar-refractivity contribution in [3.63, 3.8) is 0 Å². The highest BCUT2D eigenvalue weighted by Gasteiger charge is 2.18. The molecule has 2 rings (SSSR count). The van der Waals surface area contributed by atoms with Gasteiger partial charge in [-0.3, -0.25) is 4.79 Å². The number of amides is 1. The van der Waals surface area contributed by atoms with E-state index in [1.54, 1.807) is 18.2 Å². The first kappa shape index (κ1) is 21.1. The van der Waals surface area contributed by atoms with Crippen LogP contribution >= 0.6 is 0 Å². The zero-order chi connectivity index (χ0) is 20.4. The number of benzene rings is 2. The van der Waals surface area contributed by atoms with Gasteiger partial charge in [-0.2, -0.15) is 8.78 Å². The van der Waals surface area contributed by atoms with Crippen LogP contribution in [0.1, 0.15) is 30.5 Å². The summed E-state index contributed by atoms with van der Waals surface area (Å²) in [5, 5.41) is 2.79. The highest BCUT2D eigenvalue weighted by molar-refractivity contribution is 5.85. The van der Waals surface area contributed by atoms with Crippen molar-refractivity contribution >= 4 is 11.9 Å². The van der Waals surface area contributed by atoms with E-state index in [1.807, 2.05) is 37.3 Å². The molecule has 0 aliphatic heterocycles. The number of rotatable bonds is 9. The van der Waals surface area contributed by atoms with E-state index in [0.717, 1.165) is 5.56 Å². The second kappa shape index (κ2) is 10.8. The van der Waals surface area contributed by atoms with E-state index in [4.69, 9.17) is 4.74 Å². The van der Waals surface area contributed by atoms with E-state index < -0.39 is 31.1 Å². The minimum absolute atomic E-state index is 0.0218. The molecule has 0 saturated heterocycles. The first-order chi connectivity index (χ1) is 13.5. The fourth-order valence-electron chi connectivity index (χ4n) is 2.45. The molecule has 148 valence electrons. The maximum atomic E-state index is 12.3. The number of allylic oxidation sites excluding steroid dienone is 1. The Labute approximate surface area is 162 Å². The molecule has 0 aliphatic carbocycles.